The Morgan fingerprint density at radius 3 is 0.951 bits per heavy atom. The third kappa shape index (κ3) is 29.1. The van der Waals surface area contributed by atoms with Crippen LogP contribution in [0.25, 0.3) is 33.4 Å². The van der Waals surface area contributed by atoms with Crippen molar-refractivity contribution < 1.29 is 95.9 Å². The topological polar surface area (TPSA) is 175 Å². The number of likely N-dealkylation sites (N-methyl/N-ethyl adjacent to an activating group) is 3. The number of benzene rings is 9. The molecule has 0 radical (unpaired) electrons. The normalized spacial score (nSPS) is 15.5. The lowest BCUT2D eigenvalue weighted by atomic mass is 9.97. The molecule has 0 bridgehead atoms. The molecule has 15 rings (SSSR count). The molecule has 3 aliphatic rings. The van der Waals surface area contributed by atoms with Crippen molar-refractivity contribution in [1.29, 1.82) is 0 Å². The summed E-state index contributed by atoms with van der Waals surface area (Å²) >= 11 is 3.33. The molecule has 9 aromatic carbocycles. The van der Waals surface area contributed by atoms with Crippen LogP contribution in [0.5, 0.6) is 0 Å². The third-order valence-electron chi connectivity index (χ3n) is 24.2. The molecule has 3 amide bonds. The summed E-state index contributed by atoms with van der Waals surface area (Å²) in [6, 6.07) is 23.2. The van der Waals surface area contributed by atoms with E-state index in [1.807, 2.05) is 18.7 Å². The number of amides is 3. The molecule has 0 saturated heterocycles. The fourth-order valence-corrected chi connectivity index (χ4v) is 19.2. The summed E-state index contributed by atoms with van der Waals surface area (Å²) in [6.07, 6.45) is -9.64. The van der Waals surface area contributed by atoms with Crippen LogP contribution in [0.15, 0.2) is 230 Å². The van der Waals surface area contributed by atoms with Crippen LogP contribution in [0.3, 0.4) is 0 Å². The molecule has 144 heavy (non-hydrogen) atoms. The number of aromatic nitrogens is 6. The van der Waals surface area contributed by atoms with Crippen LogP contribution in [-0.4, -0.2) is 154 Å². The molecule has 0 atom stereocenters. The second-order valence-corrected chi connectivity index (χ2v) is 36.6. The van der Waals surface area contributed by atoms with Crippen LogP contribution in [0.2, 0.25) is 0 Å². The van der Waals surface area contributed by atoms with Crippen molar-refractivity contribution in [3.05, 3.63) is 349 Å². The van der Waals surface area contributed by atoms with Gasteiger partial charge in [0.1, 0.15) is 37.1 Å². The van der Waals surface area contributed by atoms with E-state index in [1.54, 1.807) is 42.7 Å². The van der Waals surface area contributed by atoms with Gasteiger partial charge in [0, 0.05) is 115 Å². The van der Waals surface area contributed by atoms with E-state index in [4.69, 9.17) is 17.8 Å². The number of hydrogen-bond acceptors (Lipinski definition) is 15. The maximum atomic E-state index is 14.8. The van der Waals surface area contributed by atoms with E-state index in [2.05, 4.69) is 15.0 Å². The Bertz CT molecular complexity index is 7740. The first-order chi connectivity index (χ1) is 77.2. The number of carbonyl (C=O) groups is 3. The maximum Gasteiger partial charge on any atom is 0.416 e. The molecular weight excluding hydrogens is 1920 g/mol. The summed E-state index contributed by atoms with van der Waals surface area (Å²) in [5.74, 6) is -3.59. The van der Waals surface area contributed by atoms with Gasteiger partial charge in [0.05, 0.1) is 40.0 Å². The minimum atomic E-state index is -4.67. The van der Waals surface area contributed by atoms with Gasteiger partial charge in [0.2, 0.25) is 17.7 Å². The molecule has 0 unspecified atom stereocenters. The van der Waals surface area contributed by atoms with Gasteiger partial charge in [0.25, 0.3) is 16.7 Å². The standard InChI is InChI=1S/3C37H40F4N4O2S/c3*1-4-43(5-2)19-20-44(22-27-11-18-31(25(3)21-27)28-12-14-29(15-13-28)37(39,40)41)34(46)23-45-33-8-6-7-32(33)35(47)42-36(45)48-24-26-9-16-30(38)17-10-26/h3*9-18,21H,4-8,19-20,22-24H2,1-3H3/i11D,18D,19D2,20D2,21D,22D2;11D,18D,19D2,20D2,21D;11D,18D,21D,22D2. The highest BCUT2D eigenvalue weighted by Crippen LogP contribution is 2.39. The fraction of sp³-hybridized carbons (Fsp3) is 0.378. The molecule has 3 heterocycles. The van der Waals surface area contributed by atoms with Crippen molar-refractivity contribution >= 4 is 53.0 Å². The smallest absolute Gasteiger partial charge is 0.336 e. The molecule has 0 N–H and O–H groups in total. The monoisotopic (exact) mass is 2060 g/mol. The number of rotatable bonds is 39. The Hall–Kier alpha value is -11.9. The van der Waals surface area contributed by atoms with E-state index in [1.165, 1.54) is 109 Å². The van der Waals surface area contributed by atoms with Crippen molar-refractivity contribution in [2.45, 2.75) is 211 Å². The number of fused-ring (bicyclic) bond motifs is 3. The van der Waals surface area contributed by atoms with Gasteiger partial charge < -0.3 is 43.1 Å². The van der Waals surface area contributed by atoms with E-state index < -0.39 is 212 Å². The number of thioether (sulfide) groups is 3. The molecule has 0 fully saturated rings. The van der Waals surface area contributed by atoms with Gasteiger partial charge in [-0.05, 0) is 274 Å². The Balaban J connectivity index is 0.000000204. The SMILES string of the molecule is [2H]c1c([2H])c(-c2ccc(C(F)(F)F)cc2)c(C)c([2H])c1CN(C(=O)Cn1c(SCc2ccc(F)cc2)nc(=O)c2c1CCC2)C([2H])([2H])C([2H])([2H])N(CC)CC.[2H]c1c([2H])c(C([2H])([2H])N(C(=O)Cn2c(SCc3ccc(F)cc3)nc(=O)c3c2CCC3)C([2H])([2H])C([2H])([2H])N(CC)CC)c([2H])c(C)c1-c1ccc(C(F)(F)F)cc1.[2H]c1c([2H])c(C([2H])([2H])N(CCN(CC)CC)C(=O)Cn2c(SCc3ccc(F)cc3)nc(=O)c3c2CCC3)c([2H])c(C)c1-c1ccc(C(F)(F)F)cc1. The van der Waals surface area contributed by atoms with Crippen molar-refractivity contribution in [1.82, 2.24) is 58.1 Å². The van der Waals surface area contributed by atoms with Crippen LogP contribution in [-0.2, 0) is 128 Å². The highest BCUT2D eigenvalue weighted by atomic mass is 32.2. The summed E-state index contributed by atoms with van der Waals surface area (Å²) in [5.41, 5.74) is -0.888. The van der Waals surface area contributed by atoms with Gasteiger partial charge in [-0.1, -0.05) is 204 Å². The van der Waals surface area contributed by atoms with Crippen LogP contribution < -0.4 is 16.7 Å². The summed E-state index contributed by atoms with van der Waals surface area (Å²) in [7, 11) is 0. The average Bonchev–Trinajstić information content (AvgIpc) is 1.45. The van der Waals surface area contributed by atoms with Crippen molar-refractivity contribution in [3.63, 3.8) is 0 Å². The van der Waals surface area contributed by atoms with Gasteiger partial charge in [-0.15, -0.1) is 0 Å². The van der Waals surface area contributed by atoms with Crippen molar-refractivity contribution in [3.8, 4) is 33.4 Å². The van der Waals surface area contributed by atoms with E-state index >= 15 is 0 Å². The Kier molecular flexibility index (Phi) is 29.1. The van der Waals surface area contributed by atoms with E-state index in [0.29, 0.717) is 126 Å². The molecule has 0 aliphatic heterocycles. The highest BCUT2D eigenvalue weighted by Gasteiger charge is 2.35. The van der Waals surface area contributed by atoms with Gasteiger partial charge in [-0.2, -0.15) is 54.5 Å². The van der Waals surface area contributed by atoms with E-state index in [-0.39, 0.29) is 133 Å². The zero-order chi connectivity index (χ0) is 122. The predicted molar refractivity (Wildman–Crippen MR) is 544 cm³/mol. The largest absolute Gasteiger partial charge is 0.416 e. The minimum Gasteiger partial charge on any atom is -0.336 e. The van der Waals surface area contributed by atoms with Crippen molar-refractivity contribution in [2.24, 2.45) is 0 Å². The molecule has 12 aromatic rings. The predicted octanol–water partition coefficient (Wildman–Crippen LogP) is 22.6. The molecular formula is C111H120F12N12O6S3. The lowest BCUT2D eigenvalue weighted by Crippen LogP contribution is -2.40. The van der Waals surface area contributed by atoms with E-state index in [9.17, 15) is 92.4 Å². The van der Waals surface area contributed by atoms with Crippen LogP contribution in [0.4, 0.5) is 52.7 Å². The third-order valence-corrected chi connectivity index (χ3v) is 27.4. The fourth-order valence-electron chi connectivity index (χ4n) is 16.3. The molecule has 0 saturated carbocycles. The Labute approximate surface area is 874 Å². The number of alkyl halides is 9. The lowest BCUT2D eigenvalue weighted by molar-refractivity contribution is -0.138. The number of nitrogens with zero attached hydrogens (tertiary/aromatic N) is 12. The second-order valence-electron chi connectivity index (χ2n) is 33.8. The van der Waals surface area contributed by atoms with Crippen molar-refractivity contribution in [2.75, 3.05) is 78.3 Å². The quantitative estimate of drug-likeness (QED) is 0.0202. The van der Waals surface area contributed by atoms with Gasteiger partial charge in [-0.3, -0.25) is 28.8 Å². The first-order valence-corrected chi connectivity index (χ1v) is 49.7. The average molecular weight is 2060 g/mol. The maximum absolute atomic E-state index is 14.8. The molecule has 3 aliphatic carbocycles. The first-order valence-electron chi connectivity index (χ1n) is 57.2. The first kappa shape index (κ1) is 83.3. The van der Waals surface area contributed by atoms with Gasteiger partial charge >= 0.3 is 18.5 Å². The molecule has 3 aromatic heterocycles. The Morgan fingerprint density at radius 1 is 0.354 bits per heavy atom. The van der Waals surface area contributed by atoms with Gasteiger partial charge in [0.15, 0.2) is 15.5 Å². The summed E-state index contributed by atoms with van der Waals surface area (Å²) in [5, 5.41) is 0.395. The number of halogens is 12. The molecule has 33 heteroatoms. The van der Waals surface area contributed by atoms with Crippen LogP contribution >= 0.6 is 35.3 Å². The zero-order valence-corrected chi connectivity index (χ0v) is 82.9. The highest BCUT2D eigenvalue weighted by molar-refractivity contribution is 7.98. The van der Waals surface area contributed by atoms with Crippen LogP contribution in [0.1, 0.15) is 190 Å². The summed E-state index contributed by atoms with van der Waals surface area (Å²) < 4.78 is 355. The summed E-state index contributed by atoms with van der Waals surface area (Å²) in [6.45, 7) is -5.85. The molecule has 0 spiro atoms. The number of hydrogen-bond donors (Lipinski definition) is 0. The van der Waals surface area contributed by atoms with Gasteiger partial charge in [-0.25, -0.2) is 13.2 Å². The van der Waals surface area contributed by atoms with Crippen LogP contribution in [0, 0.1) is 38.2 Å². The van der Waals surface area contributed by atoms with E-state index in [0.717, 1.165) is 112 Å². The second kappa shape index (κ2) is 50.3. The molecule has 762 valence electrons. The Morgan fingerprint density at radius 2 is 0.639 bits per heavy atom. The zero-order valence-electron chi connectivity index (χ0n) is 101. The number of carbonyl (C=O) groups excluding carboxylic acids is 3. The lowest BCUT2D eigenvalue weighted by Gasteiger charge is -2.28. The summed E-state index contributed by atoms with van der Waals surface area (Å²) in [4.78, 5) is 102. The molecule has 18 nitrogen and oxygen atoms in total. The minimum absolute atomic E-state index is 0.00822.